The molecule has 0 saturated heterocycles. The minimum absolute atomic E-state index is 0.0689. The third kappa shape index (κ3) is 2.84. The van der Waals surface area contributed by atoms with E-state index in [1.54, 1.807) is 31.1 Å². The molecule has 1 aliphatic rings. The number of fused-ring (bicyclic) bond motifs is 1. The van der Waals surface area contributed by atoms with Gasteiger partial charge in [0.05, 0.1) is 7.11 Å². The first kappa shape index (κ1) is 14.6. The molecular formula is C17H21N3O2. The Labute approximate surface area is 130 Å². The van der Waals surface area contributed by atoms with Gasteiger partial charge in [0.15, 0.2) is 0 Å². The lowest BCUT2D eigenvalue weighted by atomic mass is 9.82. The fourth-order valence-electron chi connectivity index (χ4n) is 3.13. The van der Waals surface area contributed by atoms with E-state index in [0.29, 0.717) is 18.2 Å². The molecular weight excluding hydrogens is 278 g/mol. The van der Waals surface area contributed by atoms with Gasteiger partial charge in [-0.25, -0.2) is 0 Å². The number of aromatic nitrogens is 2. The van der Waals surface area contributed by atoms with Gasteiger partial charge in [0.2, 0.25) is 0 Å². The van der Waals surface area contributed by atoms with Crippen LogP contribution in [0.5, 0.6) is 5.75 Å². The van der Waals surface area contributed by atoms with Crippen molar-refractivity contribution < 1.29 is 9.53 Å². The van der Waals surface area contributed by atoms with Crippen LogP contribution in [-0.2, 0) is 13.5 Å². The topological polar surface area (TPSA) is 56.1 Å². The molecule has 2 aromatic rings. The normalized spacial score (nSPS) is 16.9. The summed E-state index contributed by atoms with van der Waals surface area (Å²) in [6.07, 6.45) is 4.97. The van der Waals surface area contributed by atoms with E-state index < -0.39 is 0 Å². The Balaban J connectivity index is 1.70. The van der Waals surface area contributed by atoms with Gasteiger partial charge in [0.1, 0.15) is 11.4 Å². The molecule has 22 heavy (non-hydrogen) atoms. The molecule has 1 aromatic carbocycles. The highest BCUT2D eigenvalue weighted by atomic mass is 16.5. The van der Waals surface area contributed by atoms with Gasteiger partial charge in [-0.15, -0.1) is 0 Å². The van der Waals surface area contributed by atoms with Crippen molar-refractivity contribution in [3.63, 3.8) is 0 Å². The maximum Gasteiger partial charge on any atom is 0.269 e. The van der Waals surface area contributed by atoms with Gasteiger partial charge >= 0.3 is 0 Å². The zero-order valence-electron chi connectivity index (χ0n) is 13.0. The minimum atomic E-state index is -0.0689. The minimum Gasteiger partial charge on any atom is -0.497 e. The highest BCUT2D eigenvalue weighted by Crippen LogP contribution is 2.33. The van der Waals surface area contributed by atoms with Crippen LogP contribution in [0.25, 0.3) is 0 Å². The van der Waals surface area contributed by atoms with Gasteiger partial charge in [-0.05, 0) is 48.6 Å². The Bertz CT molecular complexity index is 678. The Morgan fingerprint density at radius 1 is 1.45 bits per heavy atom. The highest BCUT2D eigenvalue weighted by molar-refractivity contribution is 5.92. The van der Waals surface area contributed by atoms with E-state index in [1.807, 2.05) is 6.07 Å². The number of carbonyl (C=O) groups is 1. The lowest BCUT2D eigenvalue weighted by Gasteiger charge is -2.26. The molecule has 3 rings (SSSR count). The summed E-state index contributed by atoms with van der Waals surface area (Å²) >= 11 is 0. The van der Waals surface area contributed by atoms with Crippen LogP contribution in [0.3, 0.4) is 0 Å². The summed E-state index contributed by atoms with van der Waals surface area (Å²) in [5.74, 6) is 1.20. The number of methoxy groups -OCH3 is 1. The Morgan fingerprint density at radius 3 is 3.05 bits per heavy atom. The molecule has 1 amide bonds. The number of nitrogens with zero attached hydrogens (tertiary/aromatic N) is 2. The highest BCUT2D eigenvalue weighted by Gasteiger charge is 2.21. The summed E-state index contributed by atoms with van der Waals surface area (Å²) in [6.45, 7) is 0.656. The maximum absolute atomic E-state index is 12.2. The number of hydrogen-bond donors (Lipinski definition) is 1. The largest absolute Gasteiger partial charge is 0.497 e. The molecule has 1 aromatic heterocycles. The van der Waals surface area contributed by atoms with Crippen LogP contribution >= 0.6 is 0 Å². The summed E-state index contributed by atoms with van der Waals surface area (Å²) in [6, 6.07) is 7.98. The molecule has 116 valence electrons. The molecule has 0 fully saturated rings. The first-order valence-corrected chi connectivity index (χ1v) is 7.62. The van der Waals surface area contributed by atoms with Gasteiger partial charge in [-0.1, -0.05) is 6.07 Å². The average molecular weight is 299 g/mol. The second-order valence-corrected chi connectivity index (χ2v) is 5.70. The lowest BCUT2D eigenvalue weighted by molar-refractivity contribution is 0.0941. The number of carbonyl (C=O) groups excluding carboxylic acids is 1. The van der Waals surface area contributed by atoms with Gasteiger partial charge in [0, 0.05) is 25.7 Å². The van der Waals surface area contributed by atoms with Crippen LogP contribution in [0.4, 0.5) is 0 Å². The van der Waals surface area contributed by atoms with Gasteiger partial charge in [-0.2, -0.15) is 5.10 Å². The molecule has 1 N–H and O–H groups in total. The van der Waals surface area contributed by atoms with Crippen molar-refractivity contribution in [2.75, 3.05) is 13.7 Å². The molecule has 0 bridgehead atoms. The number of rotatable bonds is 4. The van der Waals surface area contributed by atoms with Crippen LogP contribution in [0.1, 0.15) is 40.4 Å². The Kier molecular flexibility index (Phi) is 4.13. The Hall–Kier alpha value is -2.30. The first-order valence-electron chi connectivity index (χ1n) is 7.62. The van der Waals surface area contributed by atoms with E-state index in [-0.39, 0.29) is 5.91 Å². The number of hydrogen-bond acceptors (Lipinski definition) is 3. The number of nitrogens with one attached hydrogen (secondary N) is 1. The number of benzene rings is 1. The van der Waals surface area contributed by atoms with Crippen molar-refractivity contribution >= 4 is 5.91 Å². The van der Waals surface area contributed by atoms with Crippen molar-refractivity contribution in [2.45, 2.75) is 25.2 Å². The van der Waals surface area contributed by atoms with Crippen molar-refractivity contribution in [3.05, 3.63) is 47.3 Å². The Morgan fingerprint density at radius 2 is 2.32 bits per heavy atom. The number of ether oxygens (including phenoxy) is 1. The van der Waals surface area contributed by atoms with Gasteiger partial charge in [0.25, 0.3) is 5.91 Å². The van der Waals surface area contributed by atoms with Crippen LogP contribution in [0.2, 0.25) is 0 Å². The third-order valence-electron chi connectivity index (χ3n) is 4.35. The summed E-state index contributed by atoms with van der Waals surface area (Å²) in [5.41, 5.74) is 3.26. The molecule has 0 spiro atoms. The second kappa shape index (κ2) is 6.22. The van der Waals surface area contributed by atoms with E-state index >= 15 is 0 Å². The summed E-state index contributed by atoms with van der Waals surface area (Å²) in [7, 11) is 3.47. The van der Waals surface area contributed by atoms with Crippen molar-refractivity contribution in [2.24, 2.45) is 7.05 Å². The smallest absolute Gasteiger partial charge is 0.269 e. The van der Waals surface area contributed by atoms with Crippen LogP contribution in [0.15, 0.2) is 30.5 Å². The van der Waals surface area contributed by atoms with Gasteiger partial charge in [-0.3, -0.25) is 9.48 Å². The first-order chi connectivity index (χ1) is 10.7. The molecule has 1 unspecified atom stereocenters. The molecule has 1 aliphatic carbocycles. The second-order valence-electron chi connectivity index (χ2n) is 5.70. The van der Waals surface area contributed by atoms with E-state index in [9.17, 15) is 4.79 Å². The average Bonchev–Trinajstić information content (AvgIpc) is 2.98. The van der Waals surface area contributed by atoms with E-state index in [1.165, 1.54) is 11.1 Å². The fraction of sp³-hybridized carbons (Fsp3) is 0.412. The van der Waals surface area contributed by atoms with Crippen LogP contribution in [0, 0.1) is 0 Å². The van der Waals surface area contributed by atoms with Gasteiger partial charge < -0.3 is 10.1 Å². The summed E-state index contributed by atoms with van der Waals surface area (Å²) in [4.78, 5) is 12.2. The van der Waals surface area contributed by atoms with E-state index in [0.717, 1.165) is 25.0 Å². The molecule has 1 heterocycles. The van der Waals surface area contributed by atoms with E-state index in [2.05, 4.69) is 22.5 Å². The quantitative estimate of drug-likeness (QED) is 0.942. The molecule has 0 radical (unpaired) electrons. The zero-order chi connectivity index (χ0) is 15.5. The third-order valence-corrected chi connectivity index (χ3v) is 4.35. The monoisotopic (exact) mass is 299 g/mol. The van der Waals surface area contributed by atoms with Crippen LogP contribution < -0.4 is 10.1 Å². The van der Waals surface area contributed by atoms with Crippen molar-refractivity contribution in [1.29, 1.82) is 0 Å². The summed E-state index contributed by atoms with van der Waals surface area (Å²) < 4.78 is 6.89. The van der Waals surface area contributed by atoms with Crippen molar-refractivity contribution in [1.82, 2.24) is 15.1 Å². The fourth-order valence-corrected chi connectivity index (χ4v) is 3.13. The SMILES string of the molecule is COc1ccc2c(c1)CCCC2CNC(=O)c1ccnn1C. The predicted octanol–water partition coefficient (Wildman–Crippen LogP) is 2.28. The zero-order valence-corrected chi connectivity index (χ0v) is 13.0. The predicted molar refractivity (Wildman–Crippen MR) is 84.2 cm³/mol. The van der Waals surface area contributed by atoms with Crippen molar-refractivity contribution in [3.8, 4) is 5.75 Å². The number of aryl methyl sites for hydroxylation is 2. The van der Waals surface area contributed by atoms with Crippen LogP contribution in [-0.4, -0.2) is 29.3 Å². The molecule has 0 saturated carbocycles. The summed E-state index contributed by atoms with van der Waals surface area (Å²) in [5, 5.41) is 7.06. The molecule has 1 atom stereocenters. The molecule has 0 aliphatic heterocycles. The molecule has 5 nitrogen and oxygen atoms in total. The van der Waals surface area contributed by atoms with E-state index in [4.69, 9.17) is 4.74 Å². The molecule has 5 heteroatoms. The maximum atomic E-state index is 12.2. The lowest BCUT2D eigenvalue weighted by Crippen LogP contribution is -2.31. The standard InChI is InChI=1S/C17H21N3O2/c1-20-16(8-9-19-20)17(21)18-11-13-5-3-4-12-10-14(22-2)6-7-15(12)13/h6-10,13H,3-5,11H2,1-2H3,(H,18,21). The number of amides is 1.